The number of aromatic nitrogens is 1. The molecule has 3 atom stereocenters. The maximum atomic E-state index is 13.9. The van der Waals surface area contributed by atoms with E-state index >= 15 is 0 Å². The number of piperidine rings is 1. The topological polar surface area (TPSA) is 79.7 Å². The molecule has 38 heavy (non-hydrogen) atoms. The standard InChI is InChI=1S/C30H30F2N2O4/c31-21-6-12-26(13-7-21)38-30-27(17-22(32)18-33-30)28(36)3-1-2-20-14-23-8-9-24(15-20)34(23)29(37)16-19-4-10-25(35)11-5-19/h4-7,10-13,17-18,20,23-24,35H,1-3,8-9,14-16H2/t20?,23-,24+. The number of hydrogen-bond acceptors (Lipinski definition) is 5. The van der Waals surface area contributed by atoms with E-state index in [9.17, 15) is 23.5 Å². The van der Waals surface area contributed by atoms with Gasteiger partial charge >= 0.3 is 0 Å². The number of rotatable bonds is 9. The number of benzene rings is 2. The van der Waals surface area contributed by atoms with Gasteiger partial charge in [0.1, 0.15) is 23.1 Å². The Balaban J connectivity index is 1.14. The van der Waals surface area contributed by atoms with Crippen LogP contribution in [0.1, 0.15) is 60.9 Å². The van der Waals surface area contributed by atoms with Gasteiger partial charge in [0.15, 0.2) is 5.78 Å². The number of nitrogens with zero attached hydrogens (tertiary/aromatic N) is 2. The summed E-state index contributed by atoms with van der Waals surface area (Å²) in [6, 6.07) is 13.7. The summed E-state index contributed by atoms with van der Waals surface area (Å²) in [6.45, 7) is 0. The molecule has 0 radical (unpaired) electrons. The van der Waals surface area contributed by atoms with Crippen molar-refractivity contribution in [2.24, 2.45) is 5.92 Å². The number of ketones is 1. The fourth-order valence-electron chi connectivity index (χ4n) is 5.82. The maximum absolute atomic E-state index is 13.9. The first-order chi connectivity index (χ1) is 18.4. The molecule has 3 aromatic rings. The molecule has 5 rings (SSSR count). The lowest BCUT2D eigenvalue weighted by Crippen LogP contribution is -2.47. The van der Waals surface area contributed by atoms with E-state index in [1.54, 1.807) is 24.3 Å². The molecule has 2 saturated heterocycles. The number of ether oxygens (including phenoxy) is 1. The first-order valence-corrected chi connectivity index (χ1v) is 13.1. The Hall–Kier alpha value is -3.81. The number of carbonyl (C=O) groups excluding carboxylic acids is 2. The fraction of sp³-hybridized carbons (Fsp3) is 0.367. The van der Waals surface area contributed by atoms with Crippen LogP contribution in [-0.2, 0) is 11.2 Å². The summed E-state index contributed by atoms with van der Waals surface area (Å²) in [6.07, 6.45) is 6.91. The molecule has 1 unspecified atom stereocenters. The van der Waals surface area contributed by atoms with Crippen LogP contribution in [0.2, 0.25) is 0 Å². The van der Waals surface area contributed by atoms with Crippen LogP contribution in [0.3, 0.4) is 0 Å². The highest BCUT2D eigenvalue weighted by Crippen LogP contribution is 2.41. The molecule has 2 fully saturated rings. The molecule has 0 saturated carbocycles. The largest absolute Gasteiger partial charge is 0.508 e. The summed E-state index contributed by atoms with van der Waals surface area (Å²) >= 11 is 0. The van der Waals surface area contributed by atoms with Crippen LogP contribution < -0.4 is 4.74 Å². The van der Waals surface area contributed by atoms with Crippen molar-refractivity contribution >= 4 is 11.7 Å². The van der Waals surface area contributed by atoms with Crippen molar-refractivity contribution in [3.05, 3.63) is 83.6 Å². The molecule has 3 heterocycles. The molecular formula is C30H30F2N2O4. The summed E-state index contributed by atoms with van der Waals surface area (Å²) in [5.41, 5.74) is 0.964. The fourth-order valence-corrected chi connectivity index (χ4v) is 5.82. The average molecular weight is 521 g/mol. The number of phenolic OH excluding ortho intramolecular Hbond substituents is 1. The highest BCUT2D eigenvalue weighted by atomic mass is 19.1. The zero-order valence-electron chi connectivity index (χ0n) is 21.0. The smallest absolute Gasteiger partial charge is 0.230 e. The van der Waals surface area contributed by atoms with E-state index in [0.29, 0.717) is 24.5 Å². The van der Waals surface area contributed by atoms with E-state index in [0.717, 1.165) is 49.9 Å². The maximum Gasteiger partial charge on any atom is 0.230 e. The van der Waals surface area contributed by atoms with Crippen LogP contribution in [0.4, 0.5) is 8.78 Å². The summed E-state index contributed by atoms with van der Waals surface area (Å²) in [7, 11) is 0. The minimum absolute atomic E-state index is 0.00139. The van der Waals surface area contributed by atoms with Crippen molar-refractivity contribution in [1.29, 1.82) is 0 Å². The van der Waals surface area contributed by atoms with Gasteiger partial charge in [-0.1, -0.05) is 12.1 Å². The van der Waals surface area contributed by atoms with Crippen molar-refractivity contribution in [1.82, 2.24) is 9.88 Å². The quantitative estimate of drug-likeness (QED) is 0.339. The average Bonchev–Trinajstić information content (AvgIpc) is 3.18. The molecule has 2 bridgehead atoms. The van der Waals surface area contributed by atoms with Gasteiger partial charge in [0.25, 0.3) is 0 Å². The normalized spacial score (nSPS) is 20.4. The third kappa shape index (κ3) is 6.01. The number of amides is 1. The summed E-state index contributed by atoms with van der Waals surface area (Å²) in [4.78, 5) is 32.0. The van der Waals surface area contributed by atoms with E-state index < -0.39 is 11.6 Å². The van der Waals surface area contributed by atoms with Gasteiger partial charge < -0.3 is 14.7 Å². The summed E-state index contributed by atoms with van der Waals surface area (Å²) in [5.74, 6) is -0.238. The third-order valence-electron chi connectivity index (χ3n) is 7.57. The number of hydrogen-bond donors (Lipinski definition) is 1. The van der Waals surface area contributed by atoms with Crippen molar-refractivity contribution < 1.29 is 28.2 Å². The number of halogens is 2. The molecule has 2 aromatic carbocycles. The minimum Gasteiger partial charge on any atom is -0.508 e. The van der Waals surface area contributed by atoms with Gasteiger partial charge in [-0.25, -0.2) is 13.8 Å². The molecule has 0 aliphatic carbocycles. The molecule has 6 nitrogen and oxygen atoms in total. The van der Waals surface area contributed by atoms with E-state index in [1.807, 2.05) is 0 Å². The van der Waals surface area contributed by atoms with Crippen molar-refractivity contribution in [2.45, 2.75) is 63.5 Å². The Morgan fingerprint density at radius 2 is 1.66 bits per heavy atom. The summed E-state index contributed by atoms with van der Waals surface area (Å²) < 4.78 is 32.7. The second-order valence-electron chi connectivity index (χ2n) is 10.2. The molecule has 1 N–H and O–H groups in total. The second kappa shape index (κ2) is 11.3. The minimum atomic E-state index is -0.624. The molecule has 8 heteroatoms. The lowest BCUT2D eigenvalue weighted by atomic mass is 9.86. The molecule has 1 amide bonds. The van der Waals surface area contributed by atoms with Crippen molar-refractivity contribution in [3.63, 3.8) is 0 Å². The Morgan fingerprint density at radius 1 is 0.974 bits per heavy atom. The van der Waals surface area contributed by atoms with Gasteiger partial charge in [-0.05, 0) is 92.5 Å². The van der Waals surface area contributed by atoms with Crippen LogP contribution >= 0.6 is 0 Å². The van der Waals surface area contributed by atoms with E-state index in [2.05, 4.69) is 9.88 Å². The van der Waals surface area contributed by atoms with Gasteiger partial charge in [0.2, 0.25) is 11.8 Å². The van der Waals surface area contributed by atoms with Crippen molar-refractivity contribution in [3.8, 4) is 17.4 Å². The first-order valence-electron chi connectivity index (χ1n) is 13.1. The lowest BCUT2D eigenvalue weighted by molar-refractivity contribution is -0.135. The zero-order chi connectivity index (χ0) is 26.6. The number of Topliss-reactive ketones (excluding diaryl/α,β-unsaturated/α-hetero) is 1. The Bertz CT molecular complexity index is 1280. The third-order valence-corrected chi connectivity index (χ3v) is 7.57. The van der Waals surface area contributed by atoms with Gasteiger partial charge in [0.05, 0.1) is 18.2 Å². The molecule has 2 aliphatic rings. The van der Waals surface area contributed by atoms with Gasteiger partial charge in [-0.15, -0.1) is 0 Å². The van der Waals surface area contributed by atoms with Gasteiger partial charge in [-0.3, -0.25) is 9.59 Å². The van der Waals surface area contributed by atoms with Crippen molar-refractivity contribution in [2.75, 3.05) is 0 Å². The number of phenols is 1. The van der Waals surface area contributed by atoms with Crippen LogP contribution in [0.25, 0.3) is 0 Å². The molecule has 2 aliphatic heterocycles. The van der Waals surface area contributed by atoms with Crippen LogP contribution in [0, 0.1) is 17.6 Å². The predicted octanol–water partition coefficient (Wildman–Crippen LogP) is 6.22. The number of fused-ring (bicyclic) bond motifs is 2. The molecule has 198 valence electrons. The van der Waals surface area contributed by atoms with Gasteiger partial charge in [0, 0.05) is 18.5 Å². The van der Waals surface area contributed by atoms with E-state index in [1.165, 1.54) is 24.3 Å². The molecule has 1 aromatic heterocycles. The monoisotopic (exact) mass is 520 g/mol. The summed E-state index contributed by atoms with van der Waals surface area (Å²) in [5, 5.41) is 9.47. The molecule has 0 spiro atoms. The lowest BCUT2D eigenvalue weighted by Gasteiger charge is -2.39. The number of aromatic hydroxyl groups is 1. The first kappa shape index (κ1) is 25.8. The number of carbonyl (C=O) groups is 2. The SMILES string of the molecule is O=C(CCCC1C[C@H]2CC[C@@H](C1)N2C(=O)Cc1ccc(O)cc1)c1cc(F)cnc1Oc1ccc(F)cc1. The van der Waals surface area contributed by atoms with Gasteiger partial charge in [-0.2, -0.15) is 0 Å². The zero-order valence-corrected chi connectivity index (χ0v) is 21.0. The predicted molar refractivity (Wildman–Crippen MR) is 137 cm³/mol. The Labute approximate surface area is 220 Å². The van der Waals surface area contributed by atoms with Crippen LogP contribution in [0.15, 0.2) is 60.8 Å². The molecular weight excluding hydrogens is 490 g/mol. The highest BCUT2D eigenvalue weighted by Gasteiger charge is 2.42. The van der Waals surface area contributed by atoms with Crippen LogP contribution in [-0.4, -0.2) is 38.8 Å². The Morgan fingerprint density at radius 3 is 2.34 bits per heavy atom. The van der Waals surface area contributed by atoms with E-state index in [4.69, 9.17) is 4.74 Å². The Kier molecular flexibility index (Phi) is 7.67. The van der Waals surface area contributed by atoms with Crippen LogP contribution in [0.5, 0.6) is 17.4 Å². The second-order valence-corrected chi connectivity index (χ2v) is 10.2. The highest BCUT2D eigenvalue weighted by molar-refractivity contribution is 5.98. The number of pyridine rings is 1. The van der Waals surface area contributed by atoms with E-state index in [-0.39, 0.29) is 47.4 Å².